The molecular weight excluding hydrogens is 166 g/mol. The summed E-state index contributed by atoms with van der Waals surface area (Å²) in [5, 5.41) is 0. The Hall–Kier alpha value is -1.45. The quantitative estimate of drug-likeness (QED) is 0.733. The first-order chi connectivity index (χ1) is 6.07. The topological polar surface area (TPSA) is 51.3 Å². The summed E-state index contributed by atoms with van der Waals surface area (Å²) in [5.41, 5.74) is 6.81. The second-order valence-electron chi connectivity index (χ2n) is 3.11. The van der Waals surface area contributed by atoms with E-state index in [1.807, 2.05) is 17.7 Å². The van der Waals surface area contributed by atoms with Crippen LogP contribution in [-0.4, -0.2) is 29.5 Å². The smallest absolute Gasteiger partial charge is 0.272 e. The molecule has 0 aromatic carbocycles. The van der Waals surface area contributed by atoms with Crippen molar-refractivity contribution in [3.63, 3.8) is 0 Å². The van der Waals surface area contributed by atoms with Crippen LogP contribution in [0.25, 0.3) is 0 Å². The molecule has 0 unspecified atom stereocenters. The van der Waals surface area contributed by atoms with Gasteiger partial charge in [-0.2, -0.15) is 0 Å². The van der Waals surface area contributed by atoms with Crippen LogP contribution in [0.15, 0.2) is 12.3 Å². The van der Waals surface area contributed by atoms with Gasteiger partial charge >= 0.3 is 0 Å². The molecule has 0 bridgehead atoms. The molecule has 13 heavy (non-hydrogen) atoms. The predicted molar refractivity (Wildman–Crippen MR) is 52.5 cm³/mol. The predicted octanol–water partition coefficient (Wildman–Crippen LogP) is 0.792. The number of nitrogen functional groups attached to an aromatic ring is 1. The van der Waals surface area contributed by atoms with Gasteiger partial charge in [0.2, 0.25) is 0 Å². The minimum atomic E-state index is -0.0515. The zero-order valence-corrected chi connectivity index (χ0v) is 8.24. The normalized spacial score (nSPS) is 10.1. The van der Waals surface area contributed by atoms with Crippen LogP contribution in [0.5, 0.6) is 0 Å². The number of amides is 1. The molecule has 2 N–H and O–H groups in total. The van der Waals surface area contributed by atoms with E-state index in [2.05, 4.69) is 0 Å². The highest BCUT2D eigenvalue weighted by Crippen LogP contribution is 2.14. The van der Waals surface area contributed by atoms with Crippen molar-refractivity contribution in [1.29, 1.82) is 0 Å². The molecular formula is C9H15N3O. The van der Waals surface area contributed by atoms with Gasteiger partial charge in [0.15, 0.2) is 0 Å². The van der Waals surface area contributed by atoms with Crippen molar-refractivity contribution >= 4 is 11.6 Å². The lowest BCUT2D eigenvalue weighted by Gasteiger charge is -2.12. The van der Waals surface area contributed by atoms with Crippen molar-refractivity contribution in [2.24, 2.45) is 0 Å². The number of hydrogen-bond donors (Lipinski definition) is 1. The molecule has 1 aromatic heterocycles. The Morgan fingerprint density at radius 2 is 2.23 bits per heavy atom. The largest absolute Gasteiger partial charge is 0.397 e. The van der Waals surface area contributed by atoms with Crippen LogP contribution in [0.4, 0.5) is 5.69 Å². The number of carbonyl (C=O) groups excluding carboxylic acids is 1. The Bertz CT molecular complexity index is 315. The van der Waals surface area contributed by atoms with Crippen molar-refractivity contribution in [3.05, 3.63) is 18.0 Å². The van der Waals surface area contributed by atoms with E-state index >= 15 is 0 Å². The van der Waals surface area contributed by atoms with Crippen molar-refractivity contribution < 1.29 is 4.79 Å². The molecule has 0 aliphatic heterocycles. The highest BCUT2D eigenvalue weighted by Gasteiger charge is 2.15. The molecule has 0 spiro atoms. The molecule has 1 rings (SSSR count). The van der Waals surface area contributed by atoms with E-state index in [1.165, 1.54) is 4.90 Å². The van der Waals surface area contributed by atoms with Crippen LogP contribution in [0.1, 0.15) is 17.4 Å². The van der Waals surface area contributed by atoms with E-state index in [9.17, 15) is 4.79 Å². The second kappa shape index (κ2) is 3.51. The van der Waals surface area contributed by atoms with Gasteiger partial charge < -0.3 is 15.2 Å². The molecule has 1 amide bonds. The van der Waals surface area contributed by atoms with Gasteiger partial charge in [-0.1, -0.05) is 0 Å². The summed E-state index contributed by atoms with van der Waals surface area (Å²) in [6.45, 7) is 2.73. The van der Waals surface area contributed by atoms with Gasteiger partial charge in [-0.05, 0) is 13.0 Å². The average molecular weight is 181 g/mol. The molecule has 0 atom stereocenters. The number of anilines is 1. The van der Waals surface area contributed by atoms with Crippen LogP contribution >= 0.6 is 0 Å². The molecule has 0 aliphatic rings. The molecule has 1 heterocycles. The summed E-state index contributed by atoms with van der Waals surface area (Å²) in [6, 6.07) is 1.75. The maximum absolute atomic E-state index is 11.6. The average Bonchev–Trinajstić information content (AvgIpc) is 2.45. The van der Waals surface area contributed by atoms with Crippen LogP contribution in [-0.2, 0) is 6.54 Å². The fourth-order valence-corrected chi connectivity index (χ4v) is 1.21. The van der Waals surface area contributed by atoms with Crippen LogP contribution in [0.3, 0.4) is 0 Å². The number of hydrogen-bond acceptors (Lipinski definition) is 2. The van der Waals surface area contributed by atoms with Gasteiger partial charge in [0, 0.05) is 26.8 Å². The van der Waals surface area contributed by atoms with Gasteiger partial charge in [-0.25, -0.2) is 0 Å². The summed E-state index contributed by atoms with van der Waals surface area (Å²) in [5.74, 6) is -0.0515. The first kappa shape index (κ1) is 9.64. The number of aromatic nitrogens is 1. The maximum Gasteiger partial charge on any atom is 0.272 e. The highest BCUT2D eigenvalue weighted by molar-refractivity contribution is 5.97. The lowest BCUT2D eigenvalue weighted by molar-refractivity contribution is 0.0818. The minimum absolute atomic E-state index is 0.0515. The molecule has 72 valence electrons. The molecule has 0 aliphatic carbocycles. The summed E-state index contributed by atoms with van der Waals surface area (Å²) in [4.78, 5) is 13.2. The molecule has 0 saturated heterocycles. The summed E-state index contributed by atoms with van der Waals surface area (Å²) in [7, 11) is 3.43. The lowest BCUT2D eigenvalue weighted by Crippen LogP contribution is -2.25. The zero-order valence-electron chi connectivity index (χ0n) is 8.24. The maximum atomic E-state index is 11.6. The van der Waals surface area contributed by atoms with Gasteiger partial charge in [-0.15, -0.1) is 0 Å². The number of aryl methyl sites for hydroxylation is 1. The number of carbonyl (C=O) groups is 1. The third-order valence-electron chi connectivity index (χ3n) is 1.94. The van der Waals surface area contributed by atoms with E-state index < -0.39 is 0 Å². The van der Waals surface area contributed by atoms with Gasteiger partial charge in [0.1, 0.15) is 5.69 Å². The monoisotopic (exact) mass is 181 g/mol. The fraction of sp³-hybridized carbons (Fsp3) is 0.444. The summed E-state index contributed by atoms with van der Waals surface area (Å²) < 4.78 is 1.84. The van der Waals surface area contributed by atoms with E-state index in [4.69, 9.17) is 5.73 Å². The Labute approximate surface area is 77.9 Å². The van der Waals surface area contributed by atoms with Crippen LogP contribution < -0.4 is 5.73 Å². The molecule has 4 nitrogen and oxygen atoms in total. The first-order valence-corrected chi connectivity index (χ1v) is 4.24. The van der Waals surface area contributed by atoms with Gasteiger partial charge in [0.25, 0.3) is 5.91 Å². The number of nitrogens with two attached hydrogens (primary N) is 1. The molecule has 0 saturated carbocycles. The van der Waals surface area contributed by atoms with E-state index in [0.717, 1.165) is 6.54 Å². The third-order valence-corrected chi connectivity index (χ3v) is 1.94. The van der Waals surface area contributed by atoms with Crippen LogP contribution in [0.2, 0.25) is 0 Å². The Morgan fingerprint density at radius 3 is 2.69 bits per heavy atom. The first-order valence-electron chi connectivity index (χ1n) is 4.24. The number of nitrogens with zero attached hydrogens (tertiary/aromatic N) is 2. The molecule has 0 radical (unpaired) electrons. The summed E-state index contributed by atoms with van der Waals surface area (Å²) >= 11 is 0. The van der Waals surface area contributed by atoms with Crippen molar-refractivity contribution in [2.45, 2.75) is 13.5 Å². The third kappa shape index (κ3) is 1.66. The van der Waals surface area contributed by atoms with Crippen molar-refractivity contribution in [2.75, 3.05) is 19.8 Å². The standard InChI is InChI=1S/C9H15N3O/c1-4-12-6-5-7(10)8(12)9(13)11(2)3/h5-6H,4,10H2,1-3H3. The van der Waals surface area contributed by atoms with Gasteiger partial charge in [-0.3, -0.25) is 4.79 Å². The van der Waals surface area contributed by atoms with E-state index in [1.54, 1.807) is 20.2 Å². The number of rotatable bonds is 2. The molecule has 0 fully saturated rings. The second-order valence-corrected chi connectivity index (χ2v) is 3.11. The molecule has 1 aromatic rings. The van der Waals surface area contributed by atoms with Crippen molar-refractivity contribution in [3.8, 4) is 0 Å². The van der Waals surface area contributed by atoms with E-state index in [-0.39, 0.29) is 5.91 Å². The van der Waals surface area contributed by atoms with Gasteiger partial charge in [0.05, 0.1) is 5.69 Å². The Kier molecular flexibility index (Phi) is 2.60. The van der Waals surface area contributed by atoms with Crippen molar-refractivity contribution in [1.82, 2.24) is 9.47 Å². The SMILES string of the molecule is CCn1ccc(N)c1C(=O)N(C)C. The fourth-order valence-electron chi connectivity index (χ4n) is 1.21. The molecule has 4 heteroatoms. The zero-order chi connectivity index (χ0) is 10.0. The minimum Gasteiger partial charge on any atom is -0.397 e. The summed E-state index contributed by atoms with van der Waals surface area (Å²) in [6.07, 6.45) is 1.83. The Morgan fingerprint density at radius 1 is 1.62 bits per heavy atom. The van der Waals surface area contributed by atoms with E-state index in [0.29, 0.717) is 11.4 Å². The van der Waals surface area contributed by atoms with Crippen LogP contribution in [0, 0.1) is 0 Å². The lowest BCUT2D eigenvalue weighted by atomic mass is 10.3. The highest BCUT2D eigenvalue weighted by atomic mass is 16.2. The Balaban J connectivity index is 3.11.